The molecule has 0 atom stereocenters. The molecule has 0 fully saturated rings. The first kappa shape index (κ1) is 14.7. The zero-order valence-corrected chi connectivity index (χ0v) is 12.4. The molecule has 3 rings (SSSR count). The molecule has 0 aliphatic carbocycles. The Morgan fingerprint density at radius 3 is 2.96 bits per heavy atom. The quantitative estimate of drug-likeness (QED) is 0.420. The Morgan fingerprint density at radius 2 is 2.30 bits per heavy atom. The van der Waals surface area contributed by atoms with Crippen LogP contribution in [0.3, 0.4) is 0 Å². The van der Waals surface area contributed by atoms with Gasteiger partial charge in [0.1, 0.15) is 0 Å². The van der Waals surface area contributed by atoms with Crippen molar-refractivity contribution in [1.82, 2.24) is 4.57 Å². The lowest BCUT2D eigenvalue weighted by Crippen LogP contribution is -2.16. The first-order valence-electron chi connectivity index (χ1n) is 6.44. The number of terminal acetylenes is 1. The molecule has 0 spiro atoms. The number of nitrogens with zero attached hydrogens (tertiary/aromatic N) is 3. The number of non-ortho nitro benzene ring substituents is 1. The average Bonchev–Trinajstić information content (AvgIpc) is 3.16. The fourth-order valence-electron chi connectivity index (χ4n) is 2.05. The van der Waals surface area contributed by atoms with Gasteiger partial charge in [-0.2, -0.15) is 4.99 Å². The number of furan rings is 1. The Kier molecular flexibility index (Phi) is 3.78. The van der Waals surface area contributed by atoms with Gasteiger partial charge < -0.3 is 8.98 Å². The summed E-state index contributed by atoms with van der Waals surface area (Å²) in [6, 6.07) is 7.52. The second kappa shape index (κ2) is 5.90. The van der Waals surface area contributed by atoms with Gasteiger partial charge in [0.25, 0.3) is 5.69 Å². The number of hydrogen-bond donors (Lipinski definition) is 0. The fraction of sp³-hybridized carbons (Fsp3) is 0.0667. The van der Waals surface area contributed by atoms with Crippen LogP contribution < -0.4 is 4.80 Å². The smallest absolute Gasteiger partial charge is 0.315 e. The van der Waals surface area contributed by atoms with Crippen LogP contribution in [0.2, 0.25) is 0 Å². The van der Waals surface area contributed by atoms with E-state index >= 15 is 0 Å². The van der Waals surface area contributed by atoms with Crippen molar-refractivity contribution in [2.45, 2.75) is 6.54 Å². The van der Waals surface area contributed by atoms with Gasteiger partial charge in [-0.1, -0.05) is 17.3 Å². The standard InChI is InChI=1S/C15H9N3O4S/c1-2-7-17-11-6-5-10(18(20)21)9-13(11)23-15(17)16-14(19)12-4-3-8-22-12/h1,3-6,8-9H,7H2. The molecule has 7 nitrogen and oxygen atoms in total. The third kappa shape index (κ3) is 2.77. The highest BCUT2D eigenvalue weighted by Crippen LogP contribution is 2.23. The van der Waals surface area contributed by atoms with Gasteiger partial charge in [-0.3, -0.25) is 14.9 Å². The lowest BCUT2D eigenvalue weighted by Gasteiger charge is -1.99. The van der Waals surface area contributed by atoms with Crippen LogP contribution in [0, 0.1) is 22.5 Å². The minimum atomic E-state index is -0.540. The Hall–Kier alpha value is -3.18. The molecular weight excluding hydrogens is 318 g/mol. The summed E-state index contributed by atoms with van der Waals surface area (Å²) in [6.07, 6.45) is 6.75. The molecule has 0 saturated heterocycles. The average molecular weight is 327 g/mol. The third-order valence-corrected chi connectivity index (χ3v) is 4.10. The van der Waals surface area contributed by atoms with Gasteiger partial charge in [-0.15, -0.1) is 6.42 Å². The van der Waals surface area contributed by atoms with Gasteiger partial charge in [0.05, 0.1) is 27.9 Å². The number of fused-ring (bicyclic) bond motifs is 1. The van der Waals surface area contributed by atoms with E-state index in [4.69, 9.17) is 10.8 Å². The SMILES string of the molecule is C#CCn1c(=NC(=O)c2ccco2)sc2cc([N+](=O)[O-])ccc21. The Morgan fingerprint density at radius 1 is 1.48 bits per heavy atom. The van der Waals surface area contributed by atoms with E-state index in [9.17, 15) is 14.9 Å². The number of thiazole rings is 1. The van der Waals surface area contributed by atoms with Crippen molar-refractivity contribution in [1.29, 1.82) is 0 Å². The molecule has 0 radical (unpaired) electrons. The number of benzene rings is 1. The van der Waals surface area contributed by atoms with E-state index in [2.05, 4.69) is 10.9 Å². The number of rotatable bonds is 3. The first-order valence-corrected chi connectivity index (χ1v) is 7.25. The van der Waals surface area contributed by atoms with Gasteiger partial charge in [-0.25, -0.2) is 0 Å². The topological polar surface area (TPSA) is 90.6 Å². The van der Waals surface area contributed by atoms with Crippen LogP contribution in [0.5, 0.6) is 0 Å². The molecule has 23 heavy (non-hydrogen) atoms. The van der Waals surface area contributed by atoms with E-state index in [0.717, 1.165) is 11.3 Å². The van der Waals surface area contributed by atoms with Crippen LogP contribution in [0.4, 0.5) is 5.69 Å². The number of carbonyl (C=O) groups excluding carboxylic acids is 1. The van der Waals surface area contributed by atoms with Crippen LogP contribution in [-0.2, 0) is 6.54 Å². The predicted molar refractivity (Wildman–Crippen MR) is 83.9 cm³/mol. The zero-order chi connectivity index (χ0) is 16.4. The molecule has 0 unspecified atom stereocenters. The molecule has 1 amide bonds. The van der Waals surface area contributed by atoms with E-state index in [-0.39, 0.29) is 18.0 Å². The number of nitro groups is 1. The van der Waals surface area contributed by atoms with E-state index in [0.29, 0.717) is 15.0 Å². The van der Waals surface area contributed by atoms with Gasteiger partial charge >= 0.3 is 5.91 Å². The van der Waals surface area contributed by atoms with Gasteiger partial charge in [0.15, 0.2) is 10.6 Å². The molecule has 114 valence electrons. The molecule has 2 heterocycles. The summed E-state index contributed by atoms with van der Waals surface area (Å²) in [6.45, 7) is 0.197. The highest BCUT2D eigenvalue weighted by atomic mass is 32.1. The summed E-state index contributed by atoms with van der Waals surface area (Å²) in [4.78, 5) is 26.8. The van der Waals surface area contributed by atoms with Gasteiger partial charge in [0.2, 0.25) is 0 Å². The van der Waals surface area contributed by atoms with Gasteiger partial charge in [0, 0.05) is 12.1 Å². The monoisotopic (exact) mass is 327 g/mol. The normalized spacial score (nSPS) is 11.5. The maximum atomic E-state index is 12.1. The van der Waals surface area contributed by atoms with Crippen LogP contribution in [0.15, 0.2) is 46.0 Å². The molecule has 2 aromatic heterocycles. The van der Waals surface area contributed by atoms with Crippen molar-refractivity contribution < 1.29 is 14.1 Å². The van der Waals surface area contributed by atoms with Crippen LogP contribution >= 0.6 is 11.3 Å². The lowest BCUT2D eigenvalue weighted by atomic mass is 10.3. The highest BCUT2D eigenvalue weighted by molar-refractivity contribution is 7.16. The van der Waals surface area contributed by atoms with Crippen molar-refractivity contribution in [3.05, 3.63) is 57.3 Å². The largest absolute Gasteiger partial charge is 0.459 e. The highest BCUT2D eigenvalue weighted by Gasteiger charge is 2.13. The van der Waals surface area contributed by atoms with Crippen molar-refractivity contribution in [2.75, 3.05) is 0 Å². The summed E-state index contributed by atoms with van der Waals surface area (Å²) in [5, 5.41) is 10.9. The minimum absolute atomic E-state index is 0.0319. The molecule has 0 N–H and O–H groups in total. The lowest BCUT2D eigenvalue weighted by molar-refractivity contribution is -0.384. The molecule has 3 aromatic rings. The van der Waals surface area contributed by atoms with Crippen molar-refractivity contribution in [3.8, 4) is 12.3 Å². The van der Waals surface area contributed by atoms with E-state index in [1.807, 2.05) is 0 Å². The summed E-state index contributed by atoms with van der Waals surface area (Å²) < 4.78 is 7.30. The number of carbonyl (C=O) groups is 1. The molecule has 1 aromatic carbocycles. The van der Waals surface area contributed by atoms with Crippen LogP contribution in [0.1, 0.15) is 10.6 Å². The fourth-order valence-corrected chi connectivity index (χ4v) is 3.11. The van der Waals surface area contributed by atoms with Crippen molar-refractivity contribution >= 4 is 33.1 Å². The van der Waals surface area contributed by atoms with E-state index in [1.165, 1.54) is 24.5 Å². The minimum Gasteiger partial charge on any atom is -0.459 e. The summed E-state index contributed by atoms with van der Waals surface area (Å²) >= 11 is 1.15. The van der Waals surface area contributed by atoms with Crippen molar-refractivity contribution in [3.63, 3.8) is 0 Å². The maximum absolute atomic E-state index is 12.1. The third-order valence-electron chi connectivity index (χ3n) is 3.06. The molecular formula is C15H9N3O4S. The van der Waals surface area contributed by atoms with Crippen LogP contribution in [-0.4, -0.2) is 15.4 Å². The van der Waals surface area contributed by atoms with Crippen LogP contribution in [0.25, 0.3) is 10.2 Å². The Balaban J connectivity index is 2.19. The van der Waals surface area contributed by atoms with Gasteiger partial charge in [-0.05, 0) is 18.2 Å². The molecule has 8 heteroatoms. The summed E-state index contributed by atoms with van der Waals surface area (Å²) in [7, 11) is 0. The van der Waals surface area contributed by atoms with Crippen molar-refractivity contribution in [2.24, 2.45) is 4.99 Å². The predicted octanol–water partition coefficient (Wildman–Crippen LogP) is 2.58. The number of nitro benzene ring substituents is 1. The molecule has 0 saturated carbocycles. The number of aromatic nitrogens is 1. The number of amides is 1. The first-order chi connectivity index (χ1) is 11.1. The zero-order valence-electron chi connectivity index (χ0n) is 11.6. The second-order valence-corrected chi connectivity index (χ2v) is 5.49. The second-order valence-electron chi connectivity index (χ2n) is 4.48. The van der Waals surface area contributed by atoms with E-state index < -0.39 is 10.8 Å². The maximum Gasteiger partial charge on any atom is 0.315 e. The molecule has 0 aliphatic rings. The summed E-state index contributed by atoms with van der Waals surface area (Å²) in [5.74, 6) is 2.06. The Bertz CT molecular complexity index is 1010. The summed E-state index contributed by atoms with van der Waals surface area (Å²) in [5.41, 5.74) is 0.653. The Labute approximate surface area is 133 Å². The van der Waals surface area contributed by atoms with E-state index in [1.54, 1.807) is 16.7 Å². The molecule has 0 aliphatic heterocycles. The molecule has 0 bridgehead atoms. The number of hydrogen-bond acceptors (Lipinski definition) is 5.